The summed E-state index contributed by atoms with van der Waals surface area (Å²) in [6.07, 6.45) is 3.09. The van der Waals surface area contributed by atoms with Crippen LogP contribution in [0.15, 0.2) is 40.9 Å². The topological polar surface area (TPSA) is 75.5 Å². The zero-order valence-electron chi connectivity index (χ0n) is 13.9. The van der Waals surface area contributed by atoms with E-state index >= 15 is 0 Å². The highest BCUT2D eigenvalue weighted by atomic mass is 79.9. The van der Waals surface area contributed by atoms with Crippen molar-refractivity contribution in [1.29, 1.82) is 0 Å². The van der Waals surface area contributed by atoms with E-state index in [1.807, 2.05) is 11.0 Å². The Balaban J connectivity index is 1.94. The van der Waals surface area contributed by atoms with Crippen molar-refractivity contribution in [3.63, 3.8) is 0 Å². The summed E-state index contributed by atoms with van der Waals surface area (Å²) in [5, 5.41) is 14.3. The normalized spacial score (nSPS) is 14.2. The number of carbonyl (C=O) groups is 1. The average molecular weight is 439 g/mol. The van der Waals surface area contributed by atoms with Crippen LogP contribution in [0.1, 0.15) is 29.6 Å². The number of hydrogen-bond acceptors (Lipinski definition) is 4. The molecule has 1 aliphatic rings. The molecule has 0 atom stereocenters. The van der Waals surface area contributed by atoms with Crippen LogP contribution in [-0.4, -0.2) is 23.9 Å². The lowest BCUT2D eigenvalue weighted by Crippen LogP contribution is -2.30. The van der Waals surface area contributed by atoms with E-state index in [1.165, 1.54) is 6.07 Å². The van der Waals surface area contributed by atoms with E-state index in [9.17, 15) is 14.9 Å². The predicted octanol–water partition coefficient (Wildman–Crippen LogP) is 5.25. The molecule has 1 heterocycles. The van der Waals surface area contributed by atoms with Crippen LogP contribution in [0.25, 0.3) is 0 Å². The van der Waals surface area contributed by atoms with Crippen molar-refractivity contribution in [3.05, 3.63) is 61.6 Å². The van der Waals surface area contributed by atoms with Gasteiger partial charge in [0.25, 0.3) is 11.6 Å². The fourth-order valence-electron chi connectivity index (χ4n) is 3.01. The Morgan fingerprint density at radius 3 is 2.58 bits per heavy atom. The Kier molecular flexibility index (Phi) is 5.78. The summed E-state index contributed by atoms with van der Waals surface area (Å²) in [5.74, 6) is -0.327. The number of halogens is 2. The van der Waals surface area contributed by atoms with E-state index in [4.69, 9.17) is 11.6 Å². The number of piperidine rings is 1. The first-order chi connectivity index (χ1) is 12.5. The van der Waals surface area contributed by atoms with Gasteiger partial charge in [-0.3, -0.25) is 14.9 Å². The summed E-state index contributed by atoms with van der Waals surface area (Å²) in [6, 6.07) is 9.87. The van der Waals surface area contributed by atoms with Crippen LogP contribution in [0.2, 0.25) is 5.02 Å². The zero-order chi connectivity index (χ0) is 18.7. The molecule has 0 aliphatic carbocycles. The molecule has 1 amide bonds. The molecule has 1 saturated heterocycles. The number of amides is 1. The SMILES string of the molecule is O=C(Nc1cc(N2CCCCC2)c([N+](=O)[O-])cc1Cl)c1cccc(Br)c1. The monoisotopic (exact) mass is 437 g/mol. The lowest BCUT2D eigenvalue weighted by Gasteiger charge is -2.29. The number of anilines is 2. The molecule has 0 radical (unpaired) electrons. The fraction of sp³-hybridized carbons (Fsp3) is 0.278. The number of nitrogens with zero attached hydrogens (tertiary/aromatic N) is 2. The number of benzene rings is 2. The lowest BCUT2D eigenvalue weighted by atomic mass is 10.1. The van der Waals surface area contributed by atoms with Gasteiger partial charge < -0.3 is 10.2 Å². The van der Waals surface area contributed by atoms with Gasteiger partial charge in [-0.1, -0.05) is 33.6 Å². The quantitative estimate of drug-likeness (QED) is 0.522. The van der Waals surface area contributed by atoms with Crippen molar-refractivity contribution in [3.8, 4) is 0 Å². The molecule has 2 aromatic carbocycles. The van der Waals surface area contributed by atoms with Crippen LogP contribution in [-0.2, 0) is 0 Å². The van der Waals surface area contributed by atoms with Gasteiger partial charge in [-0.2, -0.15) is 0 Å². The molecule has 1 N–H and O–H groups in total. The standard InChI is InChI=1S/C18H17BrClN3O3/c19-13-6-4-5-12(9-13)18(24)21-15-11-16(22-7-2-1-3-8-22)17(23(25)26)10-14(15)20/h4-6,9-11H,1-3,7-8H2,(H,21,24). The van der Waals surface area contributed by atoms with Gasteiger partial charge >= 0.3 is 0 Å². The van der Waals surface area contributed by atoms with Crippen LogP contribution < -0.4 is 10.2 Å². The zero-order valence-corrected chi connectivity index (χ0v) is 16.2. The molecule has 1 aliphatic heterocycles. The maximum Gasteiger partial charge on any atom is 0.294 e. The van der Waals surface area contributed by atoms with E-state index in [1.54, 1.807) is 24.3 Å². The third-order valence-corrected chi connectivity index (χ3v) is 5.10. The summed E-state index contributed by atoms with van der Waals surface area (Å²) in [7, 11) is 0. The molecule has 26 heavy (non-hydrogen) atoms. The molecular weight excluding hydrogens is 422 g/mol. The lowest BCUT2D eigenvalue weighted by molar-refractivity contribution is -0.384. The van der Waals surface area contributed by atoms with Gasteiger partial charge in [0.05, 0.1) is 15.6 Å². The number of hydrogen-bond donors (Lipinski definition) is 1. The van der Waals surface area contributed by atoms with Crippen LogP contribution in [0.4, 0.5) is 17.1 Å². The second kappa shape index (κ2) is 8.05. The van der Waals surface area contributed by atoms with Crippen LogP contribution >= 0.6 is 27.5 Å². The third-order valence-electron chi connectivity index (χ3n) is 4.29. The van der Waals surface area contributed by atoms with Gasteiger partial charge in [0.2, 0.25) is 0 Å². The van der Waals surface area contributed by atoms with Gasteiger partial charge in [0, 0.05) is 29.2 Å². The minimum Gasteiger partial charge on any atom is -0.366 e. The van der Waals surface area contributed by atoms with Crippen molar-refractivity contribution >= 4 is 50.5 Å². The van der Waals surface area contributed by atoms with Crippen LogP contribution in [0.3, 0.4) is 0 Å². The molecular formula is C18H17BrClN3O3. The third kappa shape index (κ3) is 4.16. The first-order valence-corrected chi connectivity index (χ1v) is 9.42. The number of nitro groups is 1. The van der Waals surface area contributed by atoms with E-state index in [-0.39, 0.29) is 16.6 Å². The second-order valence-electron chi connectivity index (χ2n) is 6.09. The van der Waals surface area contributed by atoms with Gasteiger partial charge in [-0.15, -0.1) is 0 Å². The summed E-state index contributed by atoms with van der Waals surface area (Å²) in [4.78, 5) is 25.5. The molecule has 0 saturated carbocycles. The molecule has 0 unspecified atom stereocenters. The first-order valence-electron chi connectivity index (χ1n) is 8.25. The Hall–Kier alpha value is -2.12. The number of nitrogens with one attached hydrogen (secondary N) is 1. The summed E-state index contributed by atoms with van der Waals surface area (Å²) >= 11 is 9.53. The average Bonchev–Trinajstić information content (AvgIpc) is 2.63. The number of rotatable bonds is 4. The second-order valence-corrected chi connectivity index (χ2v) is 7.41. The molecule has 0 aromatic heterocycles. The highest BCUT2D eigenvalue weighted by Crippen LogP contribution is 2.38. The Morgan fingerprint density at radius 1 is 1.19 bits per heavy atom. The molecule has 2 aromatic rings. The number of carbonyl (C=O) groups excluding carboxylic acids is 1. The van der Waals surface area contributed by atoms with Gasteiger partial charge in [0.15, 0.2) is 0 Å². The summed E-state index contributed by atoms with van der Waals surface area (Å²) in [6.45, 7) is 1.50. The van der Waals surface area contributed by atoms with Gasteiger partial charge in [-0.25, -0.2) is 0 Å². The van der Waals surface area contributed by atoms with Crippen molar-refractivity contribution in [1.82, 2.24) is 0 Å². The van der Waals surface area contributed by atoms with Gasteiger partial charge in [-0.05, 0) is 43.5 Å². The Bertz CT molecular complexity index is 854. The Labute approximate surface area is 164 Å². The maximum absolute atomic E-state index is 12.5. The molecule has 6 nitrogen and oxygen atoms in total. The van der Waals surface area contributed by atoms with E-state index < -0.39 is 4.92 Å². The molecule has 0 bridgehead atoms. The van der Waals surface area contributed by atoms with Crippen molar-refractivity contribution in [2.24, 2.45) is 0 Å². The summed E-state index contributed by atoms with van der Waals surface area (Å²) < 4.78 is 0.786. The number of nitro benzene ring substituents is 1. The predicted molar refractivity (Wildman–Crippen MR) is 106 cm³/mol. The molecule has 8 heteroatoms. The highest BCUT2D eigenvalue weighted by Gasteiger charge is 2.24. The van der Waals surface area contributed by atoms with Crippen LogP contribution in [0, 0.1) is 10.1 Å². The molecule has 1 fully saturated rings. The maximum atomic E-state index is 12.5. The summed E-state index contributed by atoms with van der Waals surface area (Å²) in [5.41, 5.74) is 1.28. The Morgan fingerprint density at radius 2 is 1.92 bits per heavy atom. The molecule has 136 valence electrons. The van der Waals surface area contributed by atoms with E-state index in [2.05, 4.69) is 21.2 Å². The molecule has 3 rings (SSSR count). The largest absolute Gasteiger partial charge is 0.366 e. The van der Waals surface area contributed by atoms with E-state index in [0.717, 1.165) is 36.8 Å². The van der Waals surface area contributed by atoms with Crippen molar-refractivity contribution in [2.45, 2.75) is 19.3 Å². The minimum absolute atomic E-state index is 0.0441. The van der Waals surface area contributed by atoms with Crippen LogP contribution in [0.5, 0.6) is 0 Å². The minimum atomic E-state index is -0.435. The first kappa shape index (κ1) is 18.7. The highest BCUT2D eigenvalue weighted by molar-refractivity contribution is 9.10. The van der Waals surface area contributed by atoms with Crippen molar-refractivity contribution in [2.75, 3.05) is 23.3 Å². The van der Waals surface area contributed by atoms with Crippen molar-refractivity contribution < 1.29 is 9.72 Å². The van der Waals surface area contributed by atoms with Gasteiger partial charge in [0.1, 0.15) is 5.69 Å². The fourth-order valence-corrected chi connectivity index (χ4v) is 3.61. The smallest absolute Gasteiger partial charge is 0.294 e. The molecule has 0 spiro atoms. The van der Waals surface area contributed by atoms with E-state index in [0.29, 0.717) is 16.9 Å².